The van der Waals surface area contributed by atoms with Crippen LogP contribution in [-0.2, 0) is 4.74 Å². The lowest BCUT2D eigenvalue weighted by Gasteiger charge is -2.36. The zero-order chi connectivity index (χ0) is 14.2. The van der Waals surface area contributed by atoms with Gasteiger partial charge in [0.1, 0.15) is 0 Å². The van der Waals surface area contributed by atoms with Crippen molar-refractivity contribution in [1.29, 1.82) is 0 Å². The van der Waals surface area contributed by atoms with E-state index >= 15 is 0 Å². The van der Waals surface area contributed by atoms with Crippen molar-refractivity contribution in [2.45, 2.75) is 70.8 Å². The molecule has 7 unspecified atom stereocenters. The predicted octanol–water partition coefficient (Wildman–Crippen LogP) is 5.21. The van der Waals surface area contributed by atoms with Crippen LogP contribution in [0.3, 0.4) is 0 Å². The summed E-state index contributed by atoms with van der Waals surface area (Å²) in [6.45, 7) is 3.32. The highest BCUT2D eigenvalue weighted by Gasteiger charge is 2.61. The van der Waals surface area contributed by atoms with Crippen molar-refractivity contribution in [3.8, 4) is 0 Å². The normalized spacial score (nSPS) is 45.7. The second kappa shape index (κ2) is 6.07. The first-order valence-electron chi connectivity index (χ1n) is 9.68. The van der Waals surface area contributed by atoms with Crippen molar-refractivity contribution in [3.63, 3.8) is 0 Å². The molecular formula is C20H32O. The van der Waals surface area contributed by atoms with Gasteiger partial charge in [-0.25, -0.2) is 0 Å². The van der Waals surface area contributed by atoms with Crippen molar-refractivity contribution in [2.75, 3.05) is 6.61 Å². The van der Waals surface area contributed by atoms with Gasteiger partial charge in [0.2, 0.25) is 0 Å². The third-order valence-electron chi connectivity index (χ3n) is 7.04. The molecule has 0 aliphatic heterocycles. The Kier molecular flexibility index (Phi) is 4.13. The van der Waals surface area contributed by atoms with Crippen molar-refractivity contribution in [1.82, 2.24) is 0 Å². The molecule has 0 heterocycles. The SMILES string of the molecule is CCCCCCCCOC1CC2CC1C1C3C=CC(C3)C21. The van der Waals surface area contributed by atoms with E-state index in [-0.39, 0.29) is 0 Å². The average Bonchev–Trinajstić information content (AvgIpc) is 3.24. The van der Waals surface area contributed by atoms with Gasteiger partial charge < -0.3 is 4.74 Å². The number of rotatable bonds is 8. The van der Waals surface area contributed by atoms with E-state index in [4.69, 9.17) is 4.74 Å². The molecule has 3 saturated carbocycles. The molecule has 1 heteroatoms. The third kappa shape index (κ3) is 2.50. The van der Waals surface area contributed by atoms with E-state index in [1.807, 2.05) is 0 Å². The molecule has 21 heavy (non-hydrogen) atoms. The van der Waals surface area contributed by atoms with Crippen LogP contribution >= 0.6 is 0 Å². The quantitative estimate of drug-likeness (QED) is 0.338. The minimum atomic E-state index is 0.625. The van der Waals surface area contributed by atoms with E-state index in [1.165, 1.54) is 57.8 Å². The van der Waals surface area contributed by atoms with Gasteiger partial charge in [0.25, 0.3) is 0 Å². The number of hydrogen-bond donors (Lipinski definition) is 0. The van der Waals surface area contributed by atoms with Crippen LogP contribution in [0.4, 0.5) is 0 Å². The summed E-state index contributed by atoms with van der Waals surface area (Å²) in [6, 6.07) is 0. The Morgan fingerprint density at radius 2 is 1.62 bits per heavy atom. The van der Waals surface area contributed by atoms with Gasteiger partial charge in [-0.15, -0.1) is 0 Å². The molecule has 0 aromatic carbocycles. The zero-order valence-corrected chi connectivity index (χ0v) is 13.7. The van der Waals surface area contributed by atoms with Gasteiger partial charge in [-0.05, 0) is 61.2 Å². The van der Waals surface area contributed by atoms with Gasteiger partial charge in [-0.2, -0.15) is 0 Å². The lowest BCUT2D eigenvalue weighted by atomic mass is 9.72. The maximum atomic E-state index is 6.34. The van der Waals surface area contributed by atoms with Gasteiger partial charge in [0.15, 0.2) is 0 Å². The molecule has 0 aromatic rings. The van der Waals surface area contributed by atoms with Crippen molar-refractivity contribution in [2.24, 2.45) is 35.5 Å². The highest BCUT2D eigenvalue weighted by atomic mass is 16.5. The lowest BCUT2D eigenvalue weighted by molar-refractivity contribution is -0.0198. The average molecular weight is 288 g/mol. The Hall–Kier alpha value is -0.300. The van der Waals surface area contributed by atoms with E-state index in [1.54, 1.807) is 0 Å². The van der Waals surface area contributed by atoms with Gasteiger partial charge >= 0.3 is 0 Å². The number of fused-ring (bicyclic) bond motifs is 9. The molecule has 4 aliphatic rings. The van der Waals surface area contributed by atoms with Gasteiger partial charge in [0.05, 0.1) is 6.10 Å². The first-order valence-corrected chi connectivity index (χ1v) is 9.68. The largest absolute Gasteiger partial charge is 0.378 e. The van der Waals surface area contributed by atoms with E-state index in [0.29, 0.717) is 6.10 Å². The maximum absolute atomic E-state index is 6.34. The Balaban J connectivity index is 1.20. The molecule has 7 atom stereocenters. The topological polar surface area (TPSA) is 9.23 Å². The molecule has 0 saturated heterocycles. The monoisotopic (exact) mass is 288 g/mol. The Morgan fingerprint density at radius 3 is 2.48 bits per heavy atom. The van der Waals surface area contributed by atoms with Crippen LogP contribution in [0.2, 0.25) is 0 Å². The Labute approximate surface area is 130 Å². The van der Waals surface area contributed by atoms with E-state index in [0.717, 1.165) is 42.1 Å². The summed E-state index contributed by atoms with van der Waals surface area (Å²) in [6.07, 6.45) is 18.3. The number of ether oxygens (including phenoxy) is 1. The lowest BCUT2D eigenvalue weighted by Crippen LogP contribution is -2.35. The summed E-state index contributed by atoms with van der Waals surface area (Å²) in [5.74, 6) is 5.87. The van der Waals surface area contributed by atoms with E-state index in [2.05, 4.69) is 19.1 Å². The van der Waals surface area contributed by atoms with Crippen molar-refractivity contribution >= 4 is 0 Å². The van der Waals surface area contributed by atoms with E-state index < -0.39 is 0 Å². The standard InChI is InChI=1S/C20H32O/c1-2-3-4-5-6-7-10-21-18-13-16-12-17(18)20-15-9-8-14(11-15)19(16)20/h8-9,14-20H,2-7,10-13H2,1H3. The first kappa shape index (κ1) is 14.3. The summed E-state index contributed by atoms with van der Waals surface area (Å²) in [5, 5.41) is 0. The van der Waals surface area contributed by atoms with Crippen molar-refractivity contribution < 1.29 is 4.74 Å². The van der Waals surface area contributed by atoms with Crippen molar-refractivity contribution in [3.05, 3.63) is 12.2 Å². The predicted molar refractivity (Wildman–Crippen MR) is 87.0 cm³/mol. The summed E-state index contributed by atoms with van der Waals surface area (Å²) in [5.41, 5.74) is 0. The molecule has 3 fully saturated rings. The molecule has 0 spiro atoms. The van der Waals surface area contributed by atoms with Gasteiger partial charge in [0, 0.05) is 6.61 Å². The van der Waals surface area contributed by atoms with Crippen LogP contribution in [0.5, 0.6) is 0 Å². The van der Waals surface area contributed by atoms with Gasteiger partial charge in [-0.1, -0.05) is 51.2 Å². The van der Waals surface area contributed by atoms with Crippen LogP contribution in [0.15, 0.2) is 12.2 Å². The highest BCUT2D eigenvalue weighted by Crippen LogP contribution is 2.65. The molecule has 4 rings (SSSR count). The molecule has 1 nitrogen and oxygen atoms in total. The Morgan fingerprint density at radius 1 is 0.857 bits per heavy atom. The Bertz CT molecular complexity index is 387. The zero-order valence-electron chi connectivity index (χ0n) is 13.7. The number of allylic oxidation sites excluding steroid dienone is 2. The summed E-state index contributed by atoms with van der Waals surface area (Å²) in [4.78, 5) is 0. The van der Waals surface area contributed by atoms with Crippen LogP contribution in [0.1, 0.15) is 64.7 Å². The molecule has 0 N–H and O–H groups in total. The van der Waals surface area contributed by atoms with Crippen LogP contribution in [0, 0.1) is 35.5 Å². The fourth-order valence-electron chi connectivity index (χ4n) is 6.26. The minimum Gasteiger partial charge on any atom is -0.378 e. The maximum Gasteiger partial charge on any atom is 0.0609 e. The summed E-state index contributed by atoms with van der Waals surface area (Å²) in [7, 11) is 0. The first-order chi connectivity index (χ1) is 10.4. The highest BCUT2D eigenvalue weighted by molar-refractivity contribution is 5.20. The molecule has 0 amide bonds. The number of unbranched alkanes of at least 4 members (excludes halogenated alkanes) is 5. The van der Waals surface area contributed by atoms with Crippen LogP contribution < -0.4 is 0 Å². The second-order valence-electron chi connectivity index (χ2n) is 8.18. The molecule has 4 aliphatic carbocycles. The fraction of sp³-hybridized carbons (Fsp3) is 0.900. The molecule has 0 aromatic heterocycles. The summed E-state index contributed by atoms with van der Waals surface area (Å²) < 4.78 is 6.34. The summed E-state index contributed by atoms with van der Waals surface area (Å²) >= 11 is 0. The molecular weight excluding hydrogens is 256 g/mol. The molecule has 118 valence electrons. The second-order valence-corrected chi connectivity index (χ2v) is 8.18. The van der Waals surface area contributed by atoms with Crippen LogP contribution in [0.25, 0.3) is 0 Å². The molecule has 4 bridgehead atoms. The third-order valence-corrected chi connectivity index (χ3v) is 7.04. The minimum absolute atomic E-state index is 0.625. The smallest absolute Gasteiger partial charge is 0.0609 e. The van der Waals surface area contributed by atoms with Gasteiger partial charge in [-0.3, -0.25) is 0 Å². The fourth-order valence-corrected chi connectivity index (χ4v) is 6.26. The van der Waals surface area contributed by atoms with E-state index in [9.17, 15) is 0 Å². The van der Waals surface area contributed by atoms with Crippen LogP contribution in [-0.4, -0.2) is 12.7 Å². The molecule has 0 radical (unpaired) electrons. The number of hydrogen-bond acceptors (Lipinski definition) is 1.